The molecule has 7 nitrogen and oxygen atoms in total. The van der Waals surface area contributed by atoms with Crippen LogP contribution in [0.25, 0.3) is 10.2 Å². The van der Waals surface area contributed by atoms with Crippen LogP contribution < -0.4 is 10.2 Å². The lowest BCUT2D eigenvalue weighted by atomic mass is 10.3. The van der Waals surface area contributed by atoms with Crippen LogP contribution in [0.5, 0.6) is 5.75 Å². The van der Waals surface area contributed by atoms with Crippen LogP contribution in [0.3, 0.4) is 0 Å². The van der Waals surface area contributed by atoms with Gasteiger partial charge < -0.3 is 4.74 Å². The van der Waals surface area contributed by atoms with E-state index in [0.717, 1.165) is 33.0 Å². The number of fused-ring (bicyclic) bond motifs is 1. The molecular formula is C20H16N6OS. The molecule has 0 saturated carbocycles. The van der Waals surface area contributed by atoms with Gasteiger partial charge in [-0.2, -0.15) is 10.2 Å². The zero-order valence-electron chi connectivity index (χ0n) is 15.0. The number of thiazole rings is 1. The van der Waals surface area contributed by atoms with Crippen molar-refractivity contribution in [3.63, 3.8) is 0 Å². The molecule has 0 fully saturated rings. The Balaban J connectivity index is 1.38. The zero-order valence-corrected chi connectivity index (χ0v) is 15.8. The van der Waals surface area contributed by atoms with E-state index in [2.05, 4.69) is 31.0 Å². The molecule has 0 bridgehead atoms. The van der Waals surface area contributed by atoms with Crippen LogP contribution in [-0.2, 0) is 0 Å². The summed E-state index contributed by atoms with van der Waals surface area (Å²) in [5.41, 5.74) is 6.12. The highest BCUT2D eigenvalue weighted by atomic mass is 32.1. The molecule has 0 unspecified atom stereocenters. The molecule has 0 atom stereocenters. The van der Waals surface area contributed by atoms with Gasteiger partial charge in [-0.15, -0.1) is 5.11 Å². The fourth-order valence-corrected chi connectivity index (χ4v) is 3.22. The third kappa shape index (κ3) is 4.36. The maximum atomic E-state index is 5.22. The number of nitrogens with one attached hydrogen (secondary N) is 1. The van der Waals surface area contributed by atoms with Crippen molar-refractivity contribution in [2.75, 3.05) is 12.5 Å². The highest BCUT2D eigenvalue weighted by Crippen LogP contribution is 2.31. The maximum absolute atomic E-state index is 5.22. The van der Waals surface area contributed by atoms with E-state index in [0.29, 0.717) is 5.13 Å². The highest BCUT2D eigenvalue weighted by Gasteiger charge is 2.04. The molecule has 0 aliphatic carbocycles. The van der Waals surface area contributed by atoms with Gasteiger partial charge in [-0.1, -0.05) is 34.8 Å². The lowest BCUT2D eigenvalue weighted by molar-refractivity contribution is 0.415. The van der Waals surface area contributed by atoms with Crippen LogP contribution in [0, 0.1) is 0 Å². The normalized spacial score (nSPS) is 11.5. The van der Waals surface area contributed by atoms with Crippen molar-refractivity contribution >= 4 is 43.7 Å². The molecule has 0 amide bonds. The Morgan fingerprint density at radius 1 is 0.857 bits per heavy atom. The van der Waals surface area contributed by atoms with E-state index in [1.54, 1.807) is 7.11 Å². The van der Waals surface area contributed by atoms with Crippen LogP contribution in [0.2, 0.25) is 0 Å². The fraction of sp³-hybridized carbons (Fsp3) is 0.0500. The van der Waals surface area contributed by atoms with Crippen molar-refractivity contribution in [3.05, 3.63) is 72.8 Å². The van der Waals surface area contributed by atoms with Crippen LogP contribution >= 0.6 is 11.3 Å². The Labute approximate surface area is 165 Å². The second-order valence-corrected chi connectivity index (χ2v) is 6.73. The molecule has 0 saturated heterocycles. The van der Waals surface area contributed by atoms with Gasteiger partial charge >= 0.3 is 0 Å². The van der Waals surface area contributed by atoms with Crippen LogP contribution in [0.1, 0.15) is 0 Å². The number of hydrogen-bond acceptors (Lipinski definition) is 7. The SMILES string of the molecule is COc1ccc2nc(N=NNc3ccc(N=Nc4ccccc4)cc3)sc2c1. The van der Waals surface area contributed by atoms with Gasteiger partial charge in [0.25, 0.3) is 0 Å². The molecule has 1 aromatic heterocycles. The largest absolute Gasteiger partial charge is 0.497 e. The highest BCUT2D eigenvalue weighted by molar-refractivity contribution is 7.21. The number of anilines is 1. The topological polar surface area (TPSA) is 83.6 Å². The lowest BCUT2D eigenvalue weighted by Crippen LogP contribution is -1.84. The number of methoxy groups -OCH3 is 1. The number of hydrogen-bond donors (Lipinski definition) is 1. The Kier molecular flexibility index (Phi) is 5.30. The van der Waals surface area contributed by atoms with Gasteiger partial charge in [0.15, 0.2) is 0 Å². The molecule has 28 heavy (non-hydrogen) atoms. The molecule has 138 valence electrons. The number of rotatable bonds is 6. The van der Waals surface area contributed by atoms with Crippen LogP contribution in [-0.4, -0.2) is 12.1 Å². The van der Waals surface area contributed by atoms with E-state index in [9.17, 15) is 0 Å². The van der Waals surface area contributed by atoms with E-state index in [1.165, 1.54) is 11.3 Å². The van der Waals surface area contributed by atoms with E-state index in [4.69, 9.17) is 4.74 Å². The molecule has 1 N–H and O–H groups in total. The molecule has 0 spiro atoms. The summed E-state index contributed by atoms with van der Waals surface area (Å²) in [6.07, 6.45) is 0. The van der Waals surface area contributed by atoms with E-state index in [1.807, 2.05) is 72.8 Å². The zero-order chi connectivity index (χ0) is 19.2. The molecule has 4 rings (SSSR count). The van der Waals surface area contributed by atoms with E-state index in [-0.39, 0.29) is 0 Å². The number of aromatic nitrogens is 1. The third-order valence-corrected chi connectivity index (χ3v) is 4.71. The summed E-state index contributed by atoms with van der Waals surface area (Å²) in [4.78, 5) is 4.42. The third-order valence-electron chi connectivity index (χ3n) is 3.80. The number of nitrogens with zero attached hydrogens (tertiary/aromatic N) is 5. The second kappa shape index (κ2) is 8.36. The van der Waals surface area contributed by atoms with E-state index >= 15 is 0 Å². The minimum Gasteiger partial charge on any atom is -0.497 e. The van der Waals surface area contributed by atoms with Gasteiger partial charge in [-0.3, -0.25) is 5.43 Å². The summed E-state index contributed by atoms with van der Waals surface area (Å²) in [6.45, 7) is 0. The Morgan fingerprint density at radius 2 is 1.61 bits per heavy atom. The molecule has 0 aliphatic heterocycles. The van der Waals surface area contributed by atoms with Crippen molar-refractivity contribution in [2.24, 2.45) is 20.6 Å². The number of benzene rings is 3. The quantitative estimate of drug-likeness (QED) is 0.290. The van der Waals surface area contributed by atoms with Crippen molar-refractivity contribution in [3.8, 4) is 5.75 Å². The van der Waals surface area contributed by atoms with Gasteiger partial charge in [-0.05, 0) is 54.6 Å². The Morgan fingerprint density at radius 3 is 2.36 bits per heavy atom. The Bertz CT molecular complexity index is 1120. The van der Waals surface area contributed by atoms with Crippen molar-refractivity contribution < 1.29 is 4.74 Å². The summed E-state index contributed by atoms with van der Waals surface area (Å²) in [5.74, 6) is 0.794. The Hall–Kier alpha value is -3.65. The molecular weight excluding hydrogens is 372 g/mol. The summed E-state index contributed by atoms with van der Waals surface area (Å²) in [6, 6.07) is 22.7. The van der Waals surface area contributed by atoms with E-state index < -0.39 is 0 Å². The first-order valence-electron chi connectivity index (χ1n) is 8.48. The molecule has 0 aliphatic rings. The molecule has 3 aromatic carbocycles. The average Bonchev–Trinajstić information content (AvgIpc) is 3.15. The predicted molar refractivity (Wildman–Crippen MR) is 111 cm³/mol. The molecule has 4 aromatic rings. The van der Waals surface area contributed by atoms with Crippen LogP contribution in [0.4, 0.5) is 22.2 Å². The average molecular weight is 388 g/mol. The lowest BCUT2D eigenvalue weighted by Gasteiger charge is -1.98. The minimum absolute atomic E-state index is 0.573. The monoisotopic (exact) mass is 388 g/mol. The number of ether oxygens (including phenoxy) is 1. The number of azo groups is 1. The molecule has 0 radical (unpaired) electrons. The summed E-state index contributed by atoms with van der Waals surface area (Å²) in [5, 5.41) is 17.1. The first kappa shape index (κ1) is 17.7. The van der Waals surface area contributed by atoms with Crippen molar-refractivity contribution in [1.82, 2.24) is 4.98 Å². The van der Waals surface area contributed by atoms with Gasteiger partial charge in [0.1, 0.15) is 5.75 Å². The predicted octanol–water partition coefficient (Wildman–Crippen LogP) is 6.83. The standard InChI is InChI=1S/C20H16N6OS/c1-27-17-11-12-18-19(13-17)28-20(21-18)25-26-24-16-9-7-15(8-10-16)23-22-14-5-3-2-4-6-14/h2-13H,1H3,(H,21,24,25). The first-order valence-corrected chi connectivity index (χ1v) is 9.30. The molecule has 8 heteroatoms. The minimum atomic E-state index is 0.573. The maximum Gasteiger partial charge on any atom is 0.232 e. The van der Waals surface area contributed by atoms with Gasteiger partial charge in [0.2, 0.25) is 5.13 Å². The van der Waals surface area contributed by atoms with Gasteiger partial charge in [-0.25, -0.2) is 4.98 Å². The summed E-state index contributed by atoms with van der Waals surface area (Å²) in [7, 11) is 1.64. The second-order valence-electron chi connectivity index (χ2n) is 5.72. The first-order chi connectivity index (χ1) is 13.8. The summed E-state index contributed by atoms with van der Waals surface area (Å²) >= 11 is 1.45. The fourth-order valence-electron chi connectivity index (χ4n) is 2.40. The smallest absolute Gasteiger partial charge is 0.232 e. The van der Waals surface area contributed by atoms with Gasteiger partial charge in [0, 0.05) is 0 Å². The van der Waals surface area contributed by atoms with Crippen molar-refractivity contribution in [1.29, 1.82) is 0 Å². The van der Waals surface area contributed by atoms with Crippen LogP contribution in [0.15, 0.2) is 93.4 Å². The van der Waals surface area contributed by atoms with Crippen molar-refractivity contribution in [2.45, 2.75) is 0 Å². The molecule has 1 heterocycles. The summed E-state index contributed by atoms with van der Waals surface area (Å²) < 4.78 is 6.22. The van der Waals surface area contributed by atoms with Gasteiger partial charge in [0.05, 0.1) is 34.4 Å².